The molecular formula is C19H23ClN4O2. The molecule has 2 heterocycles. The van der Waals surface area contributed by atoms with E-state index in [0.29, 0.717) is 28.9 Å². The van der Waals surface area contributed by atoms with Crippen molar-refractivity contribution in [1.29, 1.82) is 0 Å². The molecule has 0 spiro atoms. The van der Waals surface area contributed by atoms with Gasteiger partial charge in [-0.1, -0.05) is 17.7 Å². The van der Waals surface area contributed by atoms with Crippen LogP contribution < -0.4 is 20.3 Å². The van der Waals surface area contributed by atoms with Gasteiger partial charge >= 0.3 is 6.03 Å². The van der Waals surface area contributed by atoms with Gasteiger partial charge in [0.2, 0.25) is 0 Å². The van der Waals surface area contributed by atoms with E-state index < -0.39 is 0 Å². The number of urea groups is 1. The monoisotopic (exact) mass is 374 g/mol. The Hall–Kier alpha value is -2.47. The molecule has 0 atom stereocenters. The number of hydrogen-bond acceptors (Lipinski definition) is 4. The molecule has 1 aromatic carbocycles. The fourth-order valence-corrected chi connectivity index (χ4v) is 3.26. The smallest absolute Gasteiger partial charge is 0.319 e. The molecule has 1 saturated heterocycles. The lowest BCUT2D eigenvalue weighted by molar-refractivity contribution is 0.248. The zero-order valence-electron chi connectivity index (χ0n) is 14.7. The second kappa shape index (κ2) is 8.76. The number of amides is 2. The Bertz CT molecular complexity index is 734. The molecule has 0 saturated carbocycles. The number of nitrogens with zero attached hydrogens (tertiary/aromatic N) is 2. The number of nitrogens with one attached hydrogen (secondary N) is 2. The number of piperidine rings is 1. The van der Waals surface area contributed by atoms with Crippen LogP contribution in [0.4, 0.5) is 16.3 Å². The van der Waals surface area contributed by atoms with Gasteiger partial charge in [-0.15, -0.1) is 0 Å². The maximum atomic E-state index is 12.2. The van der Waals surface area contributed by atoms with Crippen molar-refractivity contribution in [2.24, 2.45) is 5.92 Å². The average molecular weight is 375 g/mol. The highest BCUT2D eigenvalue weighted by molar-refractivity contribution is 6.31. The lowest BCUT2D eigenvalue weighted by Crippen LogP contribution is -2.40. The summed E-state index contributed by atoms with van der Waals surface area (Å²) in [5.41, 5.74) is 0.558. The normalized spacial score (nSPS) is 14.8. The Morgan fingerprint density at radius 3 is 2.81 bits per heavy atom. The number of rotatable bonds is 5. The average Bonchev–Trinajstić information content (AvgIpc) is 2.68. The van der Waals surface area contributed by atoms with E-state index in [2.05, 4.69) is 20.5 Å². The quantitative estimate of drug-likeness (QED) is 0.835. The van der Waals surface area contributed by atoms with Crippen LogP contribution in [0.2, 0.25) is 5.02 Å². The summed E-state index contributed by atoms with van der Waals surface area (Å²) in [4.78, 5) is 18.9. The predicted octanol–water partition coefficient (Wildman–Crippen LogP) is 3.78. The highest BCUT2D eigenvalue weighted by atomic mass is 35.5. The van der Waals surface area contributed by atoms with E-state index in [1.54, 1.807) is 25.3 Å². The minimum atomic E-state index is -0.252. The van der Waals surface area contributed by atoms with Gasteiger partial charge in [0.15, 0.2) is 0 Å². The van der Waals surface area contributed by atoms with Gasteiger partial charge in [-0.2, -0.15) is 0 Å². The summed E-state index contributed by atoms with van der Waals surface area (Å²) in [5.74, 6) is 2.06. The fraction of sp³-hybridized carbons (Fsp3) is 0.368. The first kappa shape index (κ1) is 18.3. The van der Waals surface area contributed by atoms with Gasteiger partial charge in [0.25, 0.3) is 0 Å². The molecular weight excluding hydrogens is 352 g/mol. The van der Waals surface area contributed by atoms with Crippen molar-refractivity contribution in [1.82, 2.24) is 10.3 Å². The van der Waals surface area contributed by atoms with Crippen molar-refractivity contribution < 1.29 is 9.53 Å². The molecule has 0 unspecified atom stereocenters. The van der Waals surface area contributed by atoms with Gasteiger partial charge in [-0.25, -0.2) is 9.78 Å². The number of benzene rings is 1. The molecule has 2 aromatic rings. The summed E-state index contributed by atoms with van der Waals surface area (Å²) >= 11 is 5.98. The summed E-state index contributed by atoms with van der Waals surface area (Å²) in [6.45, 7) is 2.55. The third-order valence-corrected chi connectivity index (χ3v) is 4.78. The number of carbonyl (C=O) groups excluding carboxylic acids is 1. The van der Waals surface area contributed by atoms with E-state index >= 15 is 0 Å². The van der Waals surface area contributed by atoms with Crippen LogP contribution >= 0.6 is 11.6 Å². The van der Waals surface area contributed by atoms with Gasteiger partial charge in [0, 0.05) is 30.9 Å². The molecule has 0 bridgehead atoms. The summed E-state index contributed by atoms with van der Waals surface area (Å²) in [6, 6.07) is 10.8. The highest BCUT2D eigenvalue weighted by Crippen LogP contribution is 2.27. The van der Waals surface area contributed by atoms with Crippen LogP contribution in [-0.2, 0) is 0 Å². The lowest BCUT2D eigenvalue weighted by atomic mass is 9.97. The molecule has 1 fully saturated rings. The van der Waals surface area contributed by atoms with Gasteiger partial charge < -0.3 is 20.3 Å². The maximum Gasteiger partial charge on any atom is 0.319 e. The lowest BCUT2D eigenvalue weighted by Gasteiger charge is -2.32. The first-order chi connectivity index (χ1) is 12.7. The van der Waals surface area contributed by atoms with Gasteiger partial charge in [-0.3, -0.25) is 0 Å². The Balaban J connectivity index is 1.45. The third-order valence-electron chi connectivity index (χ3n) is 4.55. The molecule has 3 rings (SSSR count). The Morgan fingerprint density at radius 2 is 2.12 bits per heavy atom. The summed E-state index contributed by atoms with van der Waals surface area (Å²) < 4.78 is 5.24. The SMILES string of the molecule is COc1ccc(Cl)cc1NC(=O)NCC1CCN(c2ccccn2)CC1. The summed E-state index contributed by atoms with van der Waals surface area (Å²) in [7, 11) is 1.56. The van der Waals surface area contributed by atoms with Crippen LogP contribution in [0.15, 0.2) is 42.6 Å². The number of halogens is 1. The fourth-order valence-electron chi connectivity index (χ4n) is 3.09. The van der Waals surface area contributed by atoms with Gasteiger partial charge in [0.05, 0.1) is 12.8 Å². The van der Waals surface area contributed by atoms with E-state index in [0.717, 1.165) is 31.7 Å². The summed E-state index contributed by atoms with van der Waals surface area (Å²) in [6.07, 6.45) is 3.87. The Kier molecular flexibility index (Phi) is 6.17. The zero-order chi connectivity index (χ0) is 18.4. The third kappa shape index (κ3) is 4.79. The molecule has 7 heteroatoms. The first-order valence-corrected chi connectivity index (χ1v) is 9.08. The first-order valence-electron chi connectivity index (χ1n) is 8.70. The van der Waals surface area contributed by atoms with Crippen molar-refractivity contribution in [3.05, 3.63) is 47.6 Å². The molecule has 138 valence electrons. The molecule has 1 aromatic heterocycles. The molecule has 2 N–H and O–H groups in total. The molecule has 2 amide bonds. The standard InChI is InChI=1S/C19H23ClN4O2/c1-26-17-6-5-15(20)12-16(17)23-19(25)22-13-14-7-10-24(11-8-14)18-4-2-3-9-21-18/h2-6,9,12,14H,7-8,10-11,13H2,1H3,(H2,22,23,25). The second-order valence-corrected chi connectivity index (χ2v) is 6.73. The van der Waals surface area contributed by atoms with E-state index in [1.807, 2.05) is 24.4 Å². The largest absolute Gasteiger partial charge is 0.495 e. The number of methoxy groups -OCH3 is 1. The van der Waals surface area contributed by atoms with Crippen molar-refractivity contribution in [2.45, 2.75) is 12.8 Å². The van der Waals surface area contributed by atoms with Crippen LogP contribution in [0.25, 0.3) is 0 Å². The molecule has 1 aliphatic rings. The van der Waals surface area contributed by atoms with E-state index in [1.165, 1.54) is 0 Å². The predicted molar refractivity (Wildman–Crippen MR) is 104 cm³/mol. The second-order valence-electron chi connectivity index (χ2n) is 6.30. The van der Waals surface area contributed by atoms with E-state index in [-0.39, 0.29) is 6.03 Å². The number of carbonyl (C=O) groups is 1. The molecule has 26 heavy (non-hydrogen) atoms. The van der Waals surface area contributed by atoms with Crippen molar-refractivity contribution >= 4 is 29.1 Å². The van der Waals surface area contributed by atoms with Gasteiger partial charge in [0.1, 0.15) is 11.6 Å². The molecule has 1 aliphatic heterocycles. The Morgan fingerprint density at radius 1 is 1.31 bits per heavy atom. The van der Waals surface area contributed by atoms with Crippen molar-refractivity contribution in [3.63, 3.8) is 0 Å². The van der Waals surface area contributed by atoms with Crippen LogP contribution in [-0.4, -0.2) is 37.8 Å². The van der Waals surface area contributed by atoms with Crippen LogP contribution in [0.1, 0.15) is 12.8 Å². The number of anilines is 2. The number of ether oxygens (including phenoxy) is 1. The van der Waals surface area contributed by atoms with Crippen LogP contribution in [0.5, 0.6) is 5.75 Å². The minimum Gasteiger partial charge on any atom is -0.495 e. The highest BCUT2D eigenvalue weighted by Gasteiger charge is 2.20. The summed E-state index contributed by atoms with van der Waals surface area (Å²) in [5, 5.41) is 6.28. The topological polar surface area (TPSA) is 66.5 Å². The zero-order valence-corrected chi connectivity index (χ0v) is 15.5. The molecule has 0 aliphatic carbocycles. The van der Waals surface area contributed by atoms with Crippen LogP contribution in [0, 0.1) is 5.92 Å². The van der Waals surface area contributed by atoms with Gasteiger partial charge in [-0.05, 0) is 49.1 Å². The number of hydrogen-bond donors (Lipinski definition) is 2. The molecule has 6 nitrogen and oxygen atoms in total. The molecule has 0 radical (unpaired) electrons. The van der Waals surface area contributed by atoms with Crippen LogP contribution in [0.3, 0.4) is 0 Å². The van der Waals surface area contributed by atoms with Crippen molar-refractivity contribution in [3.8, 4) is 5.75 Å². The number of pyridine rings is 1. The maximum absolute atomic E-state index is 12.2. The Labute approximate surface area is 158 Å². The minimum absolute atomic E-state index is 0.252. The van der Waals surface area contributed by atoms with E-state index in [4.69, 9.17) is 16.3 Å². The van der Waals surface area contributed by atoms with Crippen molar-refractivity contribution in [2.75, 3.05) is 37.0 Å². The van der Waals surface area contributed by atoms with E-state index in [9.17, 15) is 4.79 Å². The number of aromatic nitrogens is 1.